The maximum absolute atomic E-state index is 13.0. The van der Waals surface area contributed by atoms with Crippen molar-refractivity contribution in [1.29, 1.82) is 0 Å². The number of aldehydes is 1. The van der Waals surface area contributed by atoms with Crippen LogP contribution in [0.3, 0.4) is 0 Å². The molecule has 3 rings (SSSR count). The summed E-state index contributed by atoms with van der Waals surface area (Å²) in [6.07, 6.45) is 6.51. The lowest BCUT2D eigenvalue weighted by Gasteiger charge is -2.16. The van der Waals surface area contributed by atoms with E-state index in [0.29, 0.717) is 45.9 Å². The summed E-state index contributed by atoms with van der Waals surface area (Å²) in [5.41, 5.74) is 13.9. The molecular formula is C26H27N5O6. The van der Waals surface area contributed by atoms with Crippen molar-refractivity contribution in [3.8, 4) is 17.2 Å². The van der Waals surface area contributed by atoms with E-state index < -0.39 is 11.9 Å². The predicted molar refractivity (Wildman–Crippen MR) is 136 cm³/mol. The summed E-state index contributed by atoms with van der Waals surface area (Å²) in [7, 11) is 2.99. The van der Waals surface area contributed by atoms with Gasteiger partial charge in [0.1, 0.15) is 0 Å². The molecule has 0 saturated carbocycles. The molecule has 0 aliphatic rings. The van der Waals surface area contributed by atoms with E-state index in [1.165, 1.54) is 32.8 Å². The molecule has 0 fully saturated rings. The first-order valence-electron chi connectivity index (χ1n) is 11.1. The predicted octanol–water partition coefficient (Wildman–Crippen LogP) is 2.64. The van der Waals surface area contributed by atoms with E-state index in [2.05, 4.69) is 20.8 Å². The van der Waals surface area contributed by atoms with Gasteiger partial charge in [0.15, 0.2) is 23.5 Å². The van der Waals surface area contributed by atoms with Gasteiger partial charge in [-0.3, -0.25) is 25.0 Å². The van der Waals surface area contributed by atoms with Crippen LogP contribution in [0.2, 0.25) is 0 Å². The van der Waals surface area contributed by atoms with Gasteiger partial charge in [0.2, 0.25) is 0 Å². The number of nitrogens with one attached hydrogen (secondary N) is 2. The summed E-state index contributed by atoms with van der Waals surface area (Å²) >= 11 is 0. The zero-order valence-electron chi connectivity index (χ0n) is 20.8. The van der Waals surface area contributed by atoms with Crippen LogP contribution < -0.4 is 30.8 Å². The Kier molecular flexibility index (Phi) is 8.90. The topological polar surface area (TPSA) is 155 Å². The highest BCUT2D eigenvalue weighted by Gasteiger charge is 2.19. The monoisotopic (exact) mass is 505 g/mol. The van der Waals surface area contributed by atoms with Gasteiger partial charge in [-0.1, -0.05) is 0 Å². The van der Waals surface area contributed by atoms with Crippen molar-refractivity contribution < 1.29 is 28.6 Å². The summed E-state index contributed by atoms with van der Waals surface area (Å²) in [5.74, 6) is -0.0638. The fourth-order valence-electron chi connectivity index (χ4n) is 3.36. The first kappa shape index (κ1) is 26.8. The number of hydrogen-bond acceptors (Lipinski definition) is 10. The third kappa shape index (κ3) is 6.47. The van der Waals surface area contributed by atoms with E-state index in [-0.39, 0.29) is 23.4 Å². The van der Waals surface area contributed by atoms with Crippen LogP contribution in [0.25, 0.3) is 6.08 Å². The molecule has 0 spiro atoms. The highest BCUT2D eigenvalue weighted by atomic mass is 16.5. The van der Waals surface area contributed by atoms with Crippen LogP contribution in [0.15, 0.2) is 48.4 Å². The van der Waals surface area contributed by atoms with E-state index in [0.717, 1.165) is 0 Å². The van der Waals surface area contributed by atoms with E-state index in [1.807, 2.05) is 0 Å². The lowest BCUT2D eigenvalue weighted by Crippen LogP contribution is -2.37. The number of methoxy groups -OCH3 is 2. The Morgan fingerprint density at radius 3 is 2.41 bits per heavy atom. The summed E-state index contributed by atoms with van der Waals surface area (Å²) < 4.78 is 16.2. The summed E-state index contributed by atoms with van der Waals surface area (Å²) in [4.78, 5) is 45.0. The third-order valence-corrected chi connectivity index (χ3v) is 5.36. The molecule has 2 aromatic heterocycles. The van der Waals surface area contributed by atoms with Gasteiger partial charge >= 0.3 is 5.97 Å². The molecular weight excluding hydrogens is 478 g/mol. The highest BCUT2D eigenvalue weighted by Crippen LogP contribution is 2.33. The number of amides is 1. The molecule has 11 nitrogen and oxygen atoms in total. The van der Waals surface area contributed by atoms with E-state index in [4.69, 9.17) is 19.9 Å². The van der Waals surface area contributed by atoms with Crippen molar-refractivity contribution in [2.24, 2.45) is 0 Å². The fraction of sp³-hybridized carbons (Fsp3) is 0.192. The maximum Gasteiger partial charge on any atom is 0.339 e. The van der Waals surface area contributed by atoms with Gasteiger partial charge in [-0.15, -0.1) is 0 Å². The quantitative estimate of drug-likeness (QED) is 0.123. The van der Waals surface area contributed by atoms with E-state index >= 15 is 0 Å². The Morgan fingerprint density at radius 1 is 1.08 bits per heavy atom. The number of nitrogen functional groups attached to an aromatic ring is 1. The minimum absolute atomic E-state index is 0.0116. The minimum atomic E-state index is -0.677. The van der Waals surface area contributed by atoms with Crippen LogP contribution in [-0.2, 0) is 11.3 Å². The number of ether oxygens (including phenoxy) is 3. The molecule has 3 aromatic rings. The average molecular weight is 506 g/mol. The number of carbonyl (C=O) groups excluding carboxylic acids is 3. The van der Waals surface area contributed by atoms with Gasteiger partial charge in [0.05, 0.1) is 19.9 Å². The number of rotatable bonds is 10. The SMILES string of the molecule is COc1cc(N)c(C=C(C)C(=O)Oc2c(C)ncc(C=O)c2CNNC(=O)c2ccncc2)cc1OC. The molecule has 4 N–H and O–H groups in total. The minimum Gasteiger partial charge on any atom is -0.493 e. The number of anilines is 1. The lowest BCUT2D eigenvalue weighted by molar-refractivity contribution is -0.130. The lowest BCUT2D eigenvalue weighted by atomic mass is 10.1. The summed E-state index contributed by atoms with van der Waals surface area (Å²) in [5, 5.41) is 0. The molecule has 37 heavy (non-hydrogen) atoms. The fourth-order valence-corrected chi connectivity index (χ4v) is 3.36. The van der Waals surface area contributed by atoms with E-state index in [1.54, 1.807) is 44.2 Å². The Labute approximate surface area is 213 Å². The number of hydrazine groups is 1. The van der Waals surface area contributed by atoms with Crippen molar-refractivity contribution >= 4 is 29.9 Å². The van der Waals surface area contributed by atoms with Crippen molar-refractivity contribution in [2.45, 2.75) is 20.4 Å². The Bertz CT molecular complexity index is 1340. The van der Waals surface area contributed by atoms with Gasteiger partial charge in [-0.25, -0.2) is 10.2 Å². The Hall–Kier alpha value is -4.77. The first-order chi connectivity index (χ1) is 17.8. The number of aromatic nitrogens is 2. The number of nitrogens with two attached hydrogens (primary N) is 1. The number of esters is 1. The molecule has 0 aliphatic carbocycles. The van der Waals surface area contributed by atoms with Crippen LogP contribution in [-0.4, -0.2) is 42.4 Å². The second-order valence-electron chi connectivity index (χ2n) is 7.82. The average Bonchev–Trinajstić information content (AvgIpc) is 2.91. The van der Waals surface area contributed by atoms with Crippen molar-refractivity contribution in [1.82, 2.24) is 20.8 Å². The smallest absolute Gasteiger partial charge is 0.339 e. The summed E-state index contributed by atoms with van der Waals surface area (Å²) in [6.45, 7) is 3.20. The number of hydrogen-bond donors (Lipinski definition) is 3. The molecule has 0 aliphatic heterocycles. The highest BCUT2D eigenvalue weighted by molar-refractivity contribution is 5.96. The van der Waals surface area contributed by atoms with Crippen LogP contribution in [0, 0.1) is 6.92 Å². The second-order valence-corrected chi connectivity index (χ2v) is 7.82. The second kappa shape index (κ2) is 12.3. The Balaban J connectivity index is 1.82. The largest absolute Gasteiger partial charge is 0.493 e. The molecule has 1 aromatic carbocycles. The maximum atomic E-state index is 13.0. The van der Waals surface area contributed by atoms with Gasteiger partial charge in [0, 0.05) is 64.7 Å². The van der Waals surface area contributed by atoms with Gasteiger partial charge in [0.25, 0.3) is 5.91 Å². The number of aryl methyl sites for hydroxylation is 1. The number of nitrogens with zero attached hydrogens (tertiary/aromatic N) is 2. The van der Waals surface area contributed by atoms with Crippen molar-refractivity contribution in [3.05, 3.63) is 76.4 Å². The first-order valence-corrected chi connectivity index (χ1v) is 11.1. The van der Waals surface area contributed by atoms with Crippen LogP contribution >= 0.6 is 0 Å². The normalized spacial score (nSPS) is 11.0. The molecule has 0 radical (unpaired) electrons. The summed E-state index contributed by atoms with van der Waals surface area (Å²) in [6, 6.07) is 6.34. The molecule has 0 saturated heterocycles. The molecule has 0 unspecified atom stereocenters. The molecule has 0 bridgehead atoms. The standard InChI is InChI=1S/C26H27N5O6/c1-15(9-18-10-22(35-3)23(36-4)11-21(18)27)26(34)37-24-16(2)29-12-19(14-32)20(24)13-30-31-25(33)17-5-7-28-8-6-17/h5-12,14,30H,13,27H2,1-4H3,(H,31,33). The zero-order chi connectivity index (χ0) is 26.9. The van der Waals surface area contributed by atoms with Crippen molar-refractivity contribution in [2.75, 3.05) is 20.0 Å². The molecule has 1 amide bonds. The van der Waals surface area contributed by atoms with Crippen LogP contribution in [0.4, 0.5) is 5.69 Å². The number of benzene rings is 1. The van der Waals surface area contributed by atoms with Crippen LogP contribution in [0.5, 0.6) is 17.2 Å². The molecule has 11 heteroatoms. The van der Waals surface area contributed by atoms with Gasteiger partial charge < -0.3 is 19.9 Å². The van der Waals surface area contributed by atoms with Gasteiger partial charge in [-0.05, 0) is 38.1 Å². The van der Waals surface area contributed by atoms with Crippen LogP contribution in [0.1, 0.15) is 44.5 Å². The van der Waals surface area contributed by atoms with Gasteiger partial charge in [-0.2, -0.15) is 0 Å². The van der Waals surface area contributed by atoms with E-state index in [9.17, 15) is 14.4 Å². The number of pyridine rings is 2. The molecule has 2 heterocycles. The van der Waals surface area contributed by atoms with Crippen molar-refractivity contribution in [3.63, 3.8) is 0 Å². The Morgan fingerprint density at radius 2 is 1.76 bits per heavy atom. The molecule has 192 valence electrons. The molecule has 0 atom stereocenters. The number of carbonyl (C=O) groups is 3. The zero-order valence-corrected chi connectivity index (χ0v) is 20.8. The third-order valence-electron chi connectivity index (χ3n) is 5.36.